The van der Waals surface area contributed by atoms with Gasteiger partial charge in [0.15, 0.2) is 18.1 Å². The molecule has 0 atom stereocenters. The van der Waals surface area contributed by atoms with E-state index in [-0.39, 0.29) is 18.6 Å². The topological polar surface area (TPSA) is 73.9 Å². The molecule has 0 radical (unpaired) electrons. The minimum Gasteiger partial charge on any atom is -0.493 e. The Hall–Kier alpha value is -2.50. The molecule has 0 aliphatic heterocycles. The monoisotopic (exact) mass is 375 g/mol. The van der Waals surface area contributed by atoms with E-state index in [1.807, 2.05) is 0 Å². The first-order valence-corrected chi connectivity index (χ1v) is 9.46. The highest BCUT2D eigenvalue weighted by atomic mass is 16.6. The van der Waals surface area contributed by atoms with E-state index in [4.69, 9.17) is 14.2 Å². The van der Waals surface area contributed by atoms with E-state index in [2.05, 4.69) is 12.2 Å². The van der Waals surface area contributed by atoms with Crippen LogP contribution in [0.3, 0.4) is 0 Å². The summed E-state index contributed by atoms with van der Waals surface area (Å²) in [4.78, 5) is 23.5. The number of rotatable bonds is 8. The lowest BCUT2D eigenvalue weighted by Crippen LogP contribution is -2.36. The Kier molecular flexibility index (Phi) is 8.17. The average Bonchev–Trinajstić information content (AvgIpc) is 2.67. The molecule has 1 N–H and O–H groups in total. The van der Waals surface area contributed by atoms with Crippen LogP contribution in [0.5, 0.6) is 11.5 Å². The second-order valence-electron chi connectivity index (χ2n) is 6.80. The molecule has 0 bridgehead atoms. The number of carbonyl (C=O) groups excluding carboxylic acids is 2. The van der Waals surface area contributed by atoms with Crippen molar-refractivity contribution in [3.8, 4) is 11.5 Å². The summed E-state index contributed by atoms with van der Waals surface area (Å²) in [5.41, 5.74) is 0.808. The van der Waals surface area contributed by atoms with Crippen LogP contribution in [0.4, 0.5) is 0 Å². The van der Waals surface area contributed by atoms with Gasteiger partial charge in [-0.1, -0.05) is 13.0 Å². The maximum Gasteiger partial charge on any atom is 0.344 e. The molecule has 1 saturated carbocycles. The molecule has 6 nitrogen and oxygen atoms in total. The summed E-state index contributed by atoms with van der Waals surface area (Å²) in [6.07, 6.45) is 7.69. The molecule has 0 aromatic heterocycles. The van der Waals surface area contributed by atoms with Gasteiger partial charge in [0.25, 0.3) is 0 Å². The van der Waals surface area contributed by atoms with Crippen LogP contribution in [0.1, 0.15) is 45.1 Å². The number of methoxy groups -OCH3 is 1. The van der Waals surface area contributed by atoms with E-state index in [0.29, 0.717) is 18.1 Å². The van der Waals surface area contributed by atoms with E-state index in [1.165, 1.54) is 26.0 Å². The van der Waals surface area contributed by atoms with Gasteiger partial charge in [-0.15, -0.1) is 0 Å². The highest BCUT2D eigenvalue weighted by molar-refractivity contribution is 5.92. The summed E-state index contributed by atoms with van der Waals surface area (Å²) >= 11 is 0. The second-order valence-corrected chi connectivity index (χ2v) is 6.80. The molecule has 0 heterocycles. The van der Waals surface area contributed by atoms with Crippen molar-refractivity contribution in [1.82, 2.24) is 5.32 Å². The third-order valence-corrected chi connectivity index (χ3v) is 4.63. The normalized spacial score (nSPS) is 19.5. The summed E-state index contributed by atoms with van der Waals surface area (Å²) in [7, 11) is 1.52. The van der Waals surface area contributed by atoms with Crippen molar-refractivity contribution in [2.24, 2.45) is 5.92 Å². The van der Waals surface area contributed by atoms with Crippen LogP contribution in [0.2, 0.25) is 0 Å². The molecule has 2 rings (SSSR count). The van der Waals surface area contributed by atoms with Crippen LogP contribution < -0.4 is 14.8 Å². The lowest BCUT2D eigenvalue weighted by molar-refractivity contribution is -0.145. The number of nitrogens with one attached hydrogen (secondary N) is 1. The third kappa shape index (κ3) is 6.96. The highest BCUT2D eigenvalue weighted by Crippen LogP contribution is 2.28. The molecule has 0 saturated heterocycles. The molecule has 1 aliphatic carbocycles. The van der Waals surface area contributed by atoms with Crippen LogP contribution in [0, 0.1) is 5.92 Å². The second kappa shape index (κ2) is 10.6. The van der Waals surface area contributed by atoms with E-state index in [0.717, 1.165) is 24.3 Å². The van der Waals surface area contributed by atoms with Crippen molar-refractivity contribution < 1.29 is 23.8 Å². The van der Waals surface area contributed by atoms with Gasteiger partial charge >= 0.3 is 5.97 Å². The van der Waals surface area contributed by atoms with Gasteiger partial charge in [-0.3, -0.25) is 4.79 Å². The Balaban J connectivity index is 1.90. The van der Waals surface area contributed by atoms with Crippen LogP contribution >= 0.6 is 0 Å². The maximum absolute atomic E-state index is 12.1. The quantitative estimate of drug-likeness (QED) is 0.557. The predicted octanol–water partition coefficient (Wildman–Crippen LogP) is 3.35. The zero-order chi connectivity index (χ0) is 19.6. The molecule has 1 aromatic carbocycles. The van der Waals surface area contributed by atoms with Gasteiger partial charge in [-0.2, -0.15) is 0 Å². The number of carbonyl (C=O) groups is 2. The summed E-state index contributed by atoms with van der Waals surface area (Å²) in [6.45, 7) is 4.13. The van der Waals surface area contributed by atoms with Gasteiger partial charge in [0.05, 0.1) is 13.7 Å². The van der Waals surface area contributed by atoms with E-state index >= 15 is 0 Å². The van der Waals surface area contributed by atoms with Crippen molar-refractivity contribution in [2.75, 3.05) is 20.3 Å². The SMILES string of the molecule is CCOC(=O)COc1ccc(C=CC(=O)NC2CCC(C)CC2)cc1OC. The Morgan fingerprint density at radius 2 is 1.93 bits per heavy atom. The van der Waals surface area contributed by atoms with Gasteiger partial charge in [0.1, 0.15) is 0 Å². The number of hydrogen-bond acceptors (Lipinski definition) is 5. The van der Waals surface area contributed by atoms with Gasteiger partial charge in [0, 0.05) is 12.1 Å². The van der Waals surface area contributed by atoms with Crippen molar-refractivity contribution in [3.63, 3.8) is 0 Å². The Morgan fingerprint density at radius 1 is 1.19 bits per heavy atom. The first-order chi connectivity index (χ1) is 13.0. The molecule has 1 amide bonds. The van der Waals surface area contributed by atoms with Crippen LogP contribution in [-0.2, 0) is 14.3 Å². The molecule has 0 spiro atoms. The van der Waals surface area contributed by atoms with Crippen LogP contribution in [0.25, 0.3) is 6.08 Å². The van der Waals surface area contributed by atoms with E-state index < -0.39 is 5.97 Å². The van der Waals surface area contributed by atoms with Crippen LogP contribution in [0.15, 0.2) is 24.3 Å². The fraction of sp³-hybridized carbons (Fsp3) is 0.524. The fourth-order valence-corrected chi connectivity index (χ4v) is 3.07. The van der Waals surface area contributed by atoms with Gasteiger partial charge in [-0.05, 0) is 62.3 Å². The van der Waals surface area contributed by atoms with Gasteiger partial charge < -0.3 is 19.5 Å². The van der Waals surface area contributed by atoms with Crippen molar-refractivity contribution in [1.29, 1.82) is 0 Å². The Morgan fingerprint density at radius 3 is 2.59 bits per heavy atom. The minimum absolute atomic E-state index is 0.0869. The number of amides is 1. The summed E-state index contributed by atoms with van der Waals surface area (Å²) in [6, 6.07) is 5.53. The number of esters is 1. The molecular weight excluding hydrogens is 346 g/mol. The van der Waals surface area contributed by atoms with E-state index in [9.17, 15) is 9.59 Å². The molecule has 1 fully saturated rings. The smallest absolute Gasteiger partial charge is 0.344 e. The zero-order valence-electron chi connectivity index (χ0n) is 16.3. The molecule has 1 aromatic rings. The van der Waals surface area contributed by atoms with Crippen molar-refractivity contribution in [3.05, 3.63) is 29.8 Å². The summed E-state index contributed by atoms with van der Waals surface area (Å²) < 4.78 is 15.6. The minimum atomic E-state index is -0.433. The van der Waals surface area contributed by atoms with Crippen LogP contribution in [-0.4, -0.2) is 38.2 Å². The van der Waals surface area contributed by atoms with E-state index in [1.54, 1.807) is 31.2 Å². The van der Waals surface area contributed by atoms with Crippen molar-refractivity contribution in [2.45, 2.75) is 45.6 Å². The molecule has 27 heavy (non-hydrogen) atoms. The lowest BCUT2D eigenvalue weighted by Gasteiger charge is -2.26. The fourth-order valence-electron chi connectivity index (χ4n) is 3.07. The number of ether oxygens (including phenoxy) is 3. The standard InChI is InChI=1S/C21H29NO5/c1-4-26-21(24)14-27-18-11-7-16(13-19(18)25-3)8-12-20(23)22-17-9-5-15(2)6-10-17/h7-8,11-13,15,17H,4-6,9-10,14H2,1-3H3,(H,22,23). The molecule has 0 unspecified atom stereocenters. The largest absolute Gasteiger partial charge is 0.493 e. The van der Waals surface area contributed by atoms with Gasteiger partial charge in [0.2, 0.25) is 5.91 Å². The number of benzene rings is 1. The average molecular weight is 375 g/mol. The third-order valence-electron chi connectivity index (χ3n) is 4.63. The first kappa shape index (κ1) is 20.8. The Bertz CT molecular complexity index is 663. The Labute approximate surface area is 160 Å². The molecule has 148 valence electrons. The molecule has 6 heteroatoms. The van der Waals surface area contributed by atoms with Crippen molar-refractivity contribution >= 4 is 18.0 Å². The number of hydrogen-bond donors (Lipinski definition) is 1. The lowest BCUT2D eigenvalue weighted by atomic mass is 9.87. The molecule has 1 aliphatic rings. The summed E-state index contributed by atoms with van der Waals surface area (Å²) in [5.74, 6) is 1.17. The zero-order valence-corrected chi connectivity index (χ0v) is 16.3. The maximum atomic E-state index is 12.1. The first-order valence-electron chi connectivity index (χ1n) is 9.46. The highest BCUT2D eigenvalue weighted by Gasteiger charge is 2.18. The predicted molar refractivity (Wildman–Crippen MR) is 104 cm³/mol. The molecular formula is C21H29NO5. The van der Waals surface area contributed by atoms with Gasteiger partial charge in [-0.25, -0.2) is 4.79 Å². The summed E-state index contributed by atoms with van der Waals surface area (Å²) in [5, 5.41) is 3.06.